The minimum absolute atomic E-state index is 0.0311. The van der Waals surface area contributed by atoms with E-state index in [9.17, 15) is 4.79 Å². The van der Waals surface area contributed by atoms with Gasteiger partial charge in [0.15, 0.2) is 0 Å². The second-order valence-electron chi connectivity index (χ2n) is 9.11. The fourth-order valence-corrected chi connectivity index (χ4v) is 7.89. The van der Waals surface area contributed by atoms with Crippen molar-refractivity contribution in [3.8, 4) is 0 Å². The quantitative estimate of drug-likeness (QED) is 0.714. The van der Waals surface area contributed by atoms with Crippen molar-refractivity contribution in [3.63, 3.8) is 0 Å². The van der Waals surface area contributed by atoms with Gasteiger partial charge in [0.1, 0.15) is 5.60 Å². The van der Waals surface area contributed by atoms with Gasteiger partial charge >= 0.3 is 0 Å². The summed E-state index contributed by atoms with van der Waals surface area (Å²) in [5, 5.41) is 0. The van der Waals surface area contributed by atoms with Crippen LogP contribution in [0.2, 0.25) is 0 Å². The molecule has 1 spiro atoms. The van der Waals surface area contributed by atoms with Crippen LogP contribution in [0.5, 0.6) is 0 Å². The molecule has 140 valence electrons. The fourth-order valence-electron chi connectivity index (χ4n) is 7.89. The van der Waals surface area contributed by atoms with Crippen LogP contribution in [0.4, 0.5) is 5.69 Å². The zero-order chi connectivity index (χ0) is 18.0. The number of piperidine rings is 2. The summed E-state index contributed by atoms with van der Waals surface area (Å²) in [6, 6.07) is 9.15. The number of benzene rings is 1. The molecule has 5 heteroatoms. The lowest BCUT2D eigenvalue weighted by atomic mass is 9.51. The van der Waals surface area contributed by atoms with E-state index in [2.05, 4.69) is 40.1 Å². The van der Waals surface area contributed by atoms with Gasteiger partial charge in [0.05, 0.1) is 25.2 Å². The van der Waals surface area contributed by atoms with Gasteiger partial charge in [0.25, 0.3) is 0 Å². The van der Waals surface area contributed by atoms with Gasteiger partial charge in [-0.05, 0) is 31.0 Å². The van der Waals surface area contributed by atoms with Crippen molar-refractivity contribution in [1.82, 2.24) is 4.90 Å². The number of para-hydroxylation sites is 1. The number of carbonyl (C=O) groups is 1. The van der Waals surface area contributed by atoms with Crippen molar-refractivity contribution < 1.29 is 14.3 Å². The molecule has 5 aliphatic heterocycles. The standard InChI is InChI=1S/C22H24N2O3/c1-26-22-15-10-17-21-7-8-23(17)12-13(15)6-9-27-18(22)11-19(25)24(20(21)22)16-5-3-2-4-14(16)21/h2-6,15,17-18,20H,7-12H2,1H3. The highest BCUT2D eigenvalue weighted by Gasteiger charge is 2.77. The maximum absolute atomic E-state index is 13.4. The van der Waals surface area contributed by atoms with Crippen molar-refractivity contribution in [2.24, 2.45) is 5.92 Å². The summed E-state index contributed by atoms with van der Waals surface area (Å²) in [6.45, 7) is 2.73. The van der Waals surface area contributed by atoms with Crippen LogP contribution in [0.25, 0.3) is 0 Å². The number of amides is 1. The van der Waals surface area contributed by atoms with E-state index in [1.165, 1.54) is 11.1 Å². The van der Waals surface area contributed by atoms with Crippen LogP contribution in [0.15, 0.2) is 35.9 Å². The highest BCUT2D eigenvalue weighted by molar-refractivity contribution is 6.00. The summed E-state index contributed by atoms with van der Waals surface area (Å²) in [5.41, 5.74) is 3.48. The van der Waals surface area contributed by atoms with Gasteiger partial charge in [0.2, 0.25) is 5.91 Å². The molecule has 1 aliphatic carbocycles. The molecule has 1 saturated carbocycles. The third-order valence-electron chi connectivity index (χ3n) is 8.65. The number of nitrogens with zero attached hydrogens (tertiary/aromatic N) is 2. The van der Waals surface area contributed by atoms with Gasteiger partial charge in [-0.1, -0.05) is 29.8 Å². The molecule has 0 N–H and O–H groups in total. The van der Waals surface area contributed by atoms with Gasteiger partial charge in [-0.2, -0.15) is 0 Å². The predicted molar refractivity (Wildman–Crippen MR) is 99.7 cm³/mol. The molecular weight excluding hydrogens is 340 g/mol. The zero-order valence-corrected chi connectivity index (χ0v) is 15.6. The minimum atomic E-state index is -0.442. The Bertz CT molecular complexity index is 913. The van der Waals surface area contributed by atoms with E-state index in [1.807, 2.05) is 7.11 Å². The van der Waals surface area contributed by atoms with E-state index in [-0.39, 0.29) is 23.5 Å². The molecular formula is C22H24N2O3. The number of rotatable bonds is 1. The van der Waals surface area contributed by atoms with E-state index >= 15 is 0 Å². The predicted octanol–water partition coefficient (Wildman–Crippen LogP) is 1.86. The maximum Gasteiger partial charge on any atom is 0.230 e. The first-order chi connectivity index (χ1) is 13.2. The first-order valence-corrected chi connectivity index (χ1v) is 10.2. The second-order valence-corrected chi connectivity index (χ2v) is 9.11. The van der Waals surface area contributed by atoms with E-state index < -0.39 is 5.60 Å². The van der Waals surface area contributed by atoms with Crippen LogP contribution in [-0.2, 0) is 19.7 Å². The molecule has 6 atom stereocenters. The first kappa shape index (κ1) is 15.3. The fraction of sp³-hybridized carbons (Fsp3) is 0.591. The number of hydrogen-bond donors (Lipinski definition) is 0. The van der Waals surface area contributed by atoms with Crippen molar-refractivity contribution in [2.75, 3.05) is 31.7 Å². The summed E-state index contributed by atoms with van der Waals surface area (Å²) in [5.74, 6) is 0.543. The minimum Gasteiger partial charge on any atom is -0.373 e. The molecule has 6 unspecified atom stereocenters. The zero-order valence-electron chi connectivity index (χ0n) is 15.6. The molecule has 0 radical (unpaired) electrons. The maximum atomic E-state index is 13.4. The Morgan fingerprint density at radius 2 is 2.19 bits per heavy atom. The molecule has 1 aromatic carbocycles. The molecule has 1 amide bonds. The van der Waals surface area contributed by atoms with Crippen LogP contribution < -0.4 is 4.90 Å². The smallest absolute Gasteiger partial charge is 0.230 e. The Balaban J connectivity index is 1.59. The number of carbonyl (C=O) groups excluding carboxylic acids is 1. The summed E-state index contributed by atoms with van der Waals surface area (Å²) >= 11 is 0. The van der Waals surface area contributed by atoms with Crippen molar-refractivity contribution in [3.05, 3.63) is 41.5 Å². The van der Waals surface area contributed by atoms with Gasteiger partial charge in [-0.3, -0.25) is 9.69 Å². The van der Waals surface area contributed by atoms with Gasteiger partial charge in [0, 0.05) is 36.7 Å². The average Bonchev–Trinajstić information content (AvgIpc) is 3.17. The van der Waals surface area contributed by atoms with Crippen LogP contribution in [0.3, 0.4) is 0 Å². The molecule has 5 nitrogen and oxygen atoms in total. The number of methoxy groups -OCH3 is 1. The summed E-state index contributed by atoms with van der Waals surface area (Å²) in [4.78, 5) is 18.2. The number of fused-ring (bicyclic) bond motifs is 2. The molecule has 3 saturated heterocycles. The summed E-state index contributed by atoms with van der Waals surface area (Å²) in [7, 11) is 1.85. The van der Waals surface area contributed by atoms with Crippen molar-refractivity contribution in [1.29, 1.82) is 0 Å². The summed E-state index contributed by atoms with van der Waals surface area (Å²) < 4.78 is 12.8. The van der Waals surface area contributed by atoms with Crippen LogP contribution in [0.1, 0.15) is 24.8 Å². The Hall–Kier alpha value is -1.69. The number of hydrogen-bond acceptors (Lipinski definition) is 4. The Labute approximate surface area is 158 Å². The number of ether oxygens (including phenoxy) is 2. The van der Waals surface area contributed by atoms with E-state index in [1.54, 1.807) is 0 Å². The van der Waals surface area contributed by atoms with Gasteiger partial charge in [-0.25, -0.2) is 0 Å². The number of anilines is 1. The van der Waals surface area contributed by atoms with Crippen LogP contribution >= 0.6 is 0 Å². The van der Waals surface area contributed by atoms with Gasteiger partial charge in [-0.15, -0.1) is 0 Å². The molecule has 6 aliphatic rings. The third-order valence-corrected chi connectivity index (χ3v) is 8.65. The van der Waals surface area contributed by atoms with Crippen molar-refractivity contribution >= 4 is 11.6 Å². The monoisotopic (exact) mass is 364 g/mol. The molecule has 27 heavy (non-hydrogen) atoms. The SMILES string of the molecule is COC12C3CC(=O)N4c5ccccc5C5(CCN6CC(=CCO3)C1CC65)C42. The largest absolute Gasteiger partial charge is 0.373 e. The van der Waals surface area contributed by atoms with Crippen LogP contribution in [0, 0.1) is 5.92 Å². The van der Waals surface area contributed by atoms with E-state index in [0.717, 1.165) is 31.6 Å². The molecule has 5 heterocycles. The first-order valence-electron chi connectivity index (χ1n) is 10.2. The highest BCUT2D eigenvalue weighted by Crippen LogP contribution is 2.67. The Morgan fingerprint density at radius 1 is 1.30 bits per heavy atom. The van der Waals surface area contributed by atoms with Crippen LogP contribution in [-0.4, -0.2) is 61.4 Å². The molecule has 1 aromatic rings. The molecule has 4 fully saturated rings. The lowest BCUT2D eigenvalue weighted by Crippen LogP contribution is -2.79. The lowest BCUT2D eigenvalue weighted by molar-refractivity contribution is -0.205. The van der Waals surface area contributed by atoms with Gasteiger partial charge < -0.3 is 14.4 Å². The van der Waals surface area contributed by atoms with Crippen molar-refractivity contribution in [2.45, 2.75) is 48.5 Å². The van der Waals surface area contributed by atoms with E-state index in [0.29, 0.717) is 25.0 Å². The summed E-state index contributed by atoms with van der Waals surface area (Å²) in [6.07, 6.45) is 4.75. The Kier molecular flexibility index (Phi) is 2.63. The normalized spacial score (nSPS) is 46.2. The third kappa shape index (κ3) is 1.42. The topological polar surface area (TPSA) is 42.0 Å². The molecule has 0 aromatic heterocycles. The Morgan fingerprint density at radius 3 is 3.07 bits per heavy atom. The highest BCUT2D eigenvalue weighted by atomic mass is 16.5. The second kappa shape index (κ2) is 4.65. The van der Waals surface area contributed by atoms with E-state index in [4.69, 9.17) is 9.47 Å². The molecule has 2 bridgehead atoms. The lowest BCUT2D eigenvalue weighted by Gasteiger charge is -2.64. The molecule has 7 rings (SSSR count). The average molecular weight is 364 g/mol.